The van der Waals surface area contributed by atoms with E-state index in [2.05, 4.69) is 37.1 Å². The van der Waals surface area contributed by atoms with E-state index in [4.69, 9.17) is 4.74 Å². The summed E-state index contributed by atoms with van der Waals surface area (Å²) in [5.41, 5.74) is 0. The van der Waals surface area contributed by atoms with Gasteiger partial charge in [0.05, 0.1) is 0 Å². The molecule has 0 saturated carbocycles. The average molecular weight is 329 g/mol. The molecule has 1 fully saturated rings. The van der Waals surface area contributed by atoms with Crippen molar-refractivity contribution in [1.82, 2.24) is 4.90 Å². The van der Waals surface area contributed by atoms with Crippen LogP contribution in [0.2, 0.25) is 14.8 Å². The van der Waals surface area contributed by atoms with Gasteiger partial charge in [-0.25, -0.2) is 0 Å². The molecular formula is C12H22N2OSn. The zero-order valence-corrected chi connectivity index (χ0v) is 13.4. The number of hydrogen-bond donors (Lipinski definition) is 0. The Morgan fingerprint density at radius 3 is 2.62 bits per heavy atom. The molecule has 0 unspecified atom stereocenters. The molecule has 0 spiro atoms. The number of rotatable bonds is 2. The van der Waals surface area contributed by atoms with Crippen molar-refractivity contribution >= 4 is 24.6 Å². The van der Waals surface area contributed by atoms with Gasteiger partial charge in [0.2, 0.25) is 0 Å². The SMILES string of the molecule is [CH3][Sn]([CH3])([CH3])[C]1=CN(C2CCOCC2)CC=N1. The normalized spacial score (nSPS) is 23.4. The summed E-state index contributed by atoms with van der Waals surface area (Å²) in [6.07, 6.45) is 6.76. The first-order valence-corrected chi connectivity index (χ1v) is 16.1. The number of nitrogens with zero attached hydrogens (tertiary/aromatic N) is 2. The Labute approximate surface area is 102 Å². The van der Waals surface area contributed by atoms with Gasteiger partial charge < -0.3 is 0 Å². The predicted octanol–water partition coefficient (Wildman–Crippen LogP) is 2.27. The van der Waals surface area contributed by atoms with Crippen molar-refractivity contribution in [3.8, 4) is 0 Å². The second-order valence-electron chi connectivity index (χ2n) is 5.62. The Hall–Kier alpha value is -0.0313. The summed E-state index contributed by atoms with van der Waals surface area (Å²) in [5.74, 6) is 0. The van der Waals surface area contributed by atoms with E-state index in [1.165, 1.54) is 3.71 Å². The summed E-state index contributed by atoms with van der Waals surface area (Å²) < 4.78 is 6.81. The van der Waals surface area contributed by atoms with Crippen molar-refractivity contribution in [2.45, 2.75) is 33.7 Å². The van der Waals surface area contributed by atoms with Crippen LogP contribution in [0.25, 0.3) is 0 Å². The van der Waals surface area contributed by atoms with Crippen molar-refractivity contribution in [3.05, 3.63) is 9.91 Å². The maximum atomic E-state index is 5.42. The standard InChI is InChI=1S/C9H13N2O.3CH3.Sn/c1-7-12-8-2-9(1)11-5-3-10-4-6-11;;;;/h3,6,9H,1-2,5,7-8H2;3*1H3;. The van der Waals surface area contributed by atoms with Gasteiger partial charge in [0.15, 0.2) is 0 Å². The third-order valence-electron chi connectivity index (χ3n) is 3.24. The molecule has 1 saturated heterocycles. The van der Waals surface area contributed by atoms with E-state index in [0.717, 1.165) is 32.6 Å². The van der Waals surface area contributed by atoms with Gasteiger partial charge in [-0.05, 0) is 0 Å². The van der Waals surface area contributed by atoms with E-state index in [1.807, 2.05) is 0 Å². The minimum absolute atomic E-state index is 0.670. The van der Waals surface area contributed by atoms with Crippen LogP contribution >= 0.6 is 0 Å². The number of aliphatic imine (C=N–C) groups is 1. The van der Waals surface area contributed by atoms with Crippen molar-refractivity contribution < 1.29 is 4.74 Å². The molecule has 0 amide bonds. The molecule has 2 rings (SSSR count). The molecule has 2 heterocycles. The Morgan fingerprint density at radius 1 is 1.31 bits per heavy atom. The van der Waals surface area contributed by atoms with E-state index in [9.17, 15) is 0 Å². The minimum atomic E-state index is -1.99. The summed E-state index contributed by atoms with van der Waals surface area (Å²) in [6.45, 7) is 2.82. The average Bonchev–Trinajstić information content (AvgIpc) is 2.29. The third-order valence-corrected chi connectivity index (χ3v) is 8.36. The van der Waals surface area contributed by atoms with Gasteiger partial charge in [-0.2, -0.15) is 0 Å². The van der Waals surface area contributed by atoms with Crippen LogP contribution in [0.4, 0.5) is 0 Å². The van der Waals surface area contributed by atoms with Crippen molar-refractivity contribution in [3.63, 3.8) is 0 Å². The Bertz CT molecular complexity index is 301. The fourth-order valence-electron chi connectivity index (χ4n) is 2.14. The summed E-state index contributed by atoms with van der Waals surface area (Å²) >= 11 is -1.99. The van der Waals surface area contributed by atoms with E-state index in [1.54, 1.807) is 0 Å². The molecule has 0 atom stereocenters. The molecule has 90 valence electrons. The molecule has 0 bridgehead atoms. The maximum absolute atomic E-state index is 5.42. The fourth-order valence-corrected chi connectivity index (χ4v) is 5.08. The molecule has 0 aromatic carbocycles. The molecule has 0 aromatic heterocycles. The zero-order valence-electron chi connectivity index (χ0n) is 10.6. The van der Waals surface area contributed by atoms with Crippen LogP contribution in [0.5, 0.6) is 0 Å². The van der Waals surface area contributed by atoms with Gasteiger partial charge in [-0.15, -0.1) is 0 Å². The summed E-state index contributed by atoms with van der Waals surface area (Å²) in [5, 5.41) is 0. The molecular weight excluding hydrogens is 307 g/mol. The monoisotopic (exact) mass is 330 g/mol. The van der Waals surface area contributed by atoms with E-state index < -0.39 is 18.4 Å². The first-order valence-electron chi connectivity index (χ1n) is 6.16. The molecule has 2 aliphatic rings. The molecule has 0 aliphatic carbocycles. The van der Waals surface area contributed by atoms with Crippen LogP contribution in [0.1, 0.15) is 12.8 Å². The van der Waals surface area contributed by atoms with Crippen molar-refractivity contribution in [2.75, 3.05) is 19.8 Å². The zero-order chi connectivity index (χ0) is 11.6. The Morgan fingerprint density at radius 2 is 2.00 bits per heavy atom. The summed E-state index contributed by atoms with van der Waals surface area (Å²) in [6, 6.07) is 0.670. The first-order chi connectivity index (χ1) is 7.57. The second kappa shape index (κ2) is 5.08. The summed E-state index contributed by atoms with van der Waals surface area (Å²) in [7, 11) is 0. The summed E-state index contributed by atoms with van der Waals surface area (Å²) in [4.78, 5) is 14.3. The van der Waals surface area contributed by atoms with Crippen molar-refractivity contribution in [2.24, 2.45) is 4.99 Å². The van der Waals surface area contributed by atoms with E-state index >= 15 is 0 Å². The van der Waals surface area contributed by atoms with Crippen LogP contribution in [-0.2, 0) is 4.74 Å². The van der Waals surface area contributed by atoms with Gasteiger partial charge in [-0.1, -0.05) is 0 Å². The van der Waals surface area contributed by atoms with E-state index in [-0.39, 0.29) is 0 Å². The van der Waals surface area contributed by atoms with Crippen LogP contribution in [0.3, 0.4) is 0 Å². The molecule has 16 heavy (non-hydrogen) atoms. The van der Waals surface area contributed by atoms with Gasteiger partial charge >= 0.3 is 103 Å². The Kier molecular flexibility index (Phi) is 3.95. The topological polar surface area (TPSA) is 24.8 Å². The van der Waals surface area contributed by atoms with E-state index in [0.29, 0.717) is 6.04 Å². The van der Waals surface area contributed by atoms with Crippen LogP contribution in [0, 0.1) is 0 Å². The van der Waals surface area contributed by atoms with Crippen molar-refractivity contribution in [1.29, 1.82) is 0 Å². The second-order valence-corrected chi connectivity index (χ2v) is 19.9. The van der Waals surface area contributed by atoms with Gasteiger partial charge in [-0.3, -0.25) is 0 Å². The first kappa shape index (κ1) is 12.4. The van der Waals surface area contributed by atoms with Gasteiger partial charge in [0, 0.05) is 0 Å². The molecule has 2 aliphatic heterocycles. The fraction of sp³-hybridized carbons (Fsp3) is 0.750. The Balaban J connectivity index is 2.06. The number of hydrogen-bond acceptors (Lipinski definition) is 3. The molecule has 0 aromatic rings. The predicted molar refractivity (Wildman–Crippen MR) is 70.5 cm³/mol. The van der Waals surface area contributed by atoms with Crippen LogP contribution in [0.15, 0.2) is 14.9 Å². The quantitative estimate of drug-likeness (QED) is 0.726. The molecule has 0 radical (unpaired) electrons. The third kappa shape index (κ3) is 3.00. The molecule has 0 N–H and O–H groups in total. The van der Waals surface area contributed by atoms with Crippen LogP contribution in [-0.4, -0.2) is 55.3 Å². The number of ether oxygens (including phenoxy) is 1. The molecule has 4 heteroatoms. The van der Waals surface area contributed by atoms with Gasteiger partial charge in [0.25, 0.3) is 0 Å². The van der Waals surface area contributed by atoms with Crippen LogP contribution < -0.4 is 0 Å². The van der Waals surface area contributed by atoms with Gasteiger partial charge in [0.1, 0.15) is 0 Å². The molecule has 3 nitrogen and oxygen atoms in total.